The van der Waals surface area contributed by atoms with Crippen LogP contribution in [0.3, 0.4) is 0 Å². The van der Waals surface area contributed by atoms with Gasteiger partial charge in [-0.15, -0.1) is 0 Å². The predicted octanol–water partition coefficient (Wildman–Crippen LogP) is 3.08. The van der Waals surface area contributed by atoms with Gasteiger partial charge in [-0.2, -0.15) is 5.10 Å². The molecule has 0 aliphatic carbocycles. The van der Waals surface area contributed by atoms with Crippen LogP contribution in [0.15, 0.2) is 6.20 Å². The Balaban J connectivity index is 1.98. The third-order valence-corrected chi connectivity index (χ3v) is 3.74. The molecule has 1 aliphatic rings. The Labute approximate surface area is 113 Å². The van der Waals surface area contributed by atoms with Crippen LogP contribution in [0.5, 0.6) is 0 Å². The lowest BCUT2D eigenvalue weighted by Crippen LogP contribution is -2.20. The van der Waals surface area contributed by atoms with Crippen LogP contribution in [0.4, 0.5) is 0 Å². The Hall–Kier alpha value is -0.580. The second-order valence-corrected chi connectivity index (χ2v) is 5.64. The van der Waals surface area contributed by atoms with Crippen LogP contribution >= 0.6 is 11.6 Å². The number of nitrogens with zero attached hydrogens (tertiary/aromatic N) is 2. The molecule has 0 saturated carbocycles. The summed E-state index contributed by atoms with van der Waals surface area (Å²) in [6.45, 7) is 5.06. The van der Waals surface area contributed by atoms with Crippen molar-refractivity contribution in [3.63, 3.8) is 0 Å². The monoisotopic (exact) mass is 271 g/mol. The summed E-state index contributed by atoms with van der Waals surface area (Å²) in [5, 5.41) is 4.96. The zero-order chi connectivity index (χ0) is 13.1. The van der Waals surface area contributed by atoms with Gasteiger partial charge in [-0.05, 0) is 39.5 Å². The van der Waals surface area contributed by atoms with Crippen LogP contribution in [0.25, 0.3) is 0 Å². The molecule has 1 aromatic heterocycles. The first-order valence-electron chi connectivity index (χ1n) is 6.69. The molecule has 0 aromatic carbocycles. The molecule has 1 aliphatic heterocycles. The maximum absolute atomic E-state index is 6.26. The molecular weight excluding hydrogens is 250 g/mol. The Kier molecular flexibility index (Phi) is 4.65. The van der Waals surface area contributed by atoms with Crippen molar-refractivity contribution < 1.29 is 4.74 Å². The van der Waals surface area contributed by atoms with Crippen molar-refractivity contribution in [3.05, 3.63) is 16.9 Å². The Morgan fingerprint density at radius 2 is 2.39 bits per heavy atom. The van der Waals surface area contributed by atoms with Gasteiger partial charge in [0, 0.05) is 18.7 Å². The summed E-state index contributed by atoms with van der Waals surface area (Å²) in [6, 6.07) is 0.216. The molecule has 0 bridgehead atoms. The van der Waals surface area contributed by atoms with Gasteiger partial charge in [0.2, 0.25) is 0 Å². The fourth-order valence-corrected chi connectivity index (χ4v) is 2.75. The van der Waals surface area contributed by atoms with Crippen LogP contribution in [0.1, 0.15) is 57.3 Å². The number of hydrogen-bond acceptors (Lipinski definition) is 3. The van der Waals surface area contributed by atoms with Crippen LogP contribution in [0, 0.1) is 0 Å². The van der Waals surface area contributed by atoms with E-state index in [4.69, 9.17) is 22.1 Å². The summed E-state index contributed by atoms with van der Waals surface area (Å²) in [4.78, 5) is 0. The van der Waals surface area contributed by atoms with Crippen LogP contribution in [-0.2, 0) is 4.74 Å². The average molecular weight is 272 g/mol. The standard InChI is InChI=1S/C13H22ClN3O/c1-9(2)17-13(11(14)8-16-17)12(15)6-5-10-4-3-7-18-10/h8-10,12H,3-7,15H2,1-2H3. The van der Waals surface area contributed by atoms with Gasteiger partial charge in [-0.1, -0.05) is 11.6 Å². The second-order valence-electron chi connectivity index (χ2n) is 5.23. The number of halogens is 1. The van der Waals surface area contributed by atoms with E-state index in [-0.39, 0.29) is 12.1 Å². The van der Waals surface area contributed by atoms with E-state index in [2.05, 4.69) is 18.9 Å². The summed E-state index contributed by atoms with van der Waals surface area (Å²) < 4.78 is 7.54. The number of rotatable bonds is 5. The smallest absolute Gasteiger partial charge is 0.0834 e. The molecule has 2 N–H and O–H groups in total. The molecular formula is C13H22ClN3O. The van der Waals surface area contributed by atoms with E-state index in [1.54, 1.807) is 6.20 Å². The van der Waals surface area contributed by atoms with Crippen molar-refractivity contribution >= 4 is 11.6 Å². The van der Waals surface area contributed by atoms with Gasteiger partial charge >= 0.3 is 0 Å². The first-order valence-corrected chi connectivity index (χ1v) is 7.07. The molecule has 0 spiro atoms. The summed E-state index contributed by atoms with van der Waals surface area (Å²) in [6.07, 6.45) is 6.28. The first kappa shape index (κ1) is 13.8. The molecule has 2 unspecified atom stereocenters. The van der Waals surface area contributed by atoms with E-state index >= 15 is 0 Å². The minimum absolute atomic E-state index is 0.0633. The highest BCUT2D eigenvalue weighted by Crippen LogP contribution is 2.28. The van der Waals surface area contributed by atoms with Gasteiger partial charge in [0.1, 0.15) is 0 Å². The van der Waals surface area contributed by atoms with E-state index in [1.807, 2.05) is 4.68 Å². The van der Waals surface area contributed by atoms with Crippen molar-refractivity contribution in [1.82, 2.24) is 9.78 Å². The number of ether oxygens (including phenoxy) is 1. The highest BCUT2D eigenvalue weighted by atomic mass is 35.5. The fourth-order valence-electron chi connectivity index (χ4n) is 2.48. The fraction of sp³-hybridized carbons (Fsp3) is 0.769. The molecule has 2 heterocycles. The molecule has 102 valence electrons. The zero-order valence-electron chi connectivity index (χ0n) is 11.1. The van der Waals surface area contributed by atoms with Crippen molar-refractivity contribution in [3.8, 4) is 0 Å². The van der Waals surface area contributed by atoms with E-state index in [0.29, 0.717) is 11.1 Å². The minimum atomic E-state index is -0.0633. The van der Waals surface area contributed by atoms with Gasteiger partial charge in [-0.25, -0.2) is 0 Å². The lowest BCUT2D eigenvalue weighted by atomic mass is 10.0. The lowest BCUT2D eigenvalue weighted by molar-refractivity contribution is 0.100. The van der Waals surface area contributed by atoms with E-state index in [9.17, 15) is 0 Å². The predicted molar refractivity (Wildman–Crippen MR) is 72.8 cm³/mol. The number of aromatic nitrogens is 2. The average Bonchev–Trinajstić information content (AvgIpc) is 2.94. The maximum atomic E-state index is 6.26. The van der Waals surface area contributed by atoms with Crippen molar-refractivity contribution in [2.45, 2.75) is 57.7 Å². The third kappa shape index (κ3) is 3.05. The maximum Gasteiger partial charge on any atom is 0.0834 e. The molecule has 0 amide bonds. The van der Waals surface area contributed by atoms with Crippen molar-refractivity contribution in [2.75, 3.05) is 6.61 Å². The highest BCUT2D eigenvalue weighted by Gasteiger charge is 2.21. The molecule has 0 radical (unpaired) electrons. The van der Waals surface area contributed by atoms with Crippen LogP contribution < -0.4 is 5.73 Å². The van der Waals surface area contributed by atoms with Crippen molar-refractivity contribution in [2.24, 2.45) is 5.73 Å². The van der Waals surface area contributed by atoms with Gasteiger partial charge in [0.05, 0.1) is 23.0 Å². The molecule has 2 atom stereocenters. The quantitative estimate of drug-likeness (QED) is 0.895. The summed E-state index contributed by atoms with van der Waals surface area (Å²) >= 11 is 6.18. The van der Waals surface area contributed by atoms with Gasteiger partial charge < -0.3 is 10.5 Å². The number of hydrogen-bond donors (Lipinski definition) is 1. The minimum Gasteiger partial charge on any atom is -0.378 e. The van der Waals surface area contributed by atoms with E-state index < -0.39 is 0 Å². The van der Waals surface area contributed by atoms with Gasteiger partial charge in [0.15, 0.2) is 0 Å². The summed E-state index contributed by atoms with van der Waals surface area (Å²) in [5.41, 5.74) is 7.20. The second kappa shape index (κ2) is 6.04. The molecule has 1 aromatic rings. The van der Waals surface area contributed by atoms with E-state index in [0.717, 1.165) is 31.6 Å². The SMILES string of the molecule is CC(C)n1ncc(Cl)c1C(N)CCC1CCCO1. The van der Waals surface area contributed by atoms with E-state index in [1.165, 1.54) is 6.42 Å². The van der Waals surface area contributed by atoms with Crippen LogP contribution in [0.2, 0.25) is 5.02 Å². The van der Waals surface area contributed by atoms with Gasteiger partial charge in [-0.3, -0.25) is 4.68 Å². The lowest BCUT2D eigenvalue weighted by Gasteiger charge is -2.18. The normalized spacial score (nSPS) is 21.7. The van der Waals surface area contributed by atoms with Crippen LogP contribution in [-0.4, -0.2) is 22.5 Å². The Bertz CT molecular complexity index is 386. The van der Waals surface area contributed by atoms with Gasteiger partial charge in [0.25, 0.3) is 0 Å². The Morgan fingerprint density at radius 1 is 1.61 bits per heavy atom. The molecule has 4 nitrogen and oxygen atoms in total. The molecule has 2 rings (SSSR count). The topological polar surface area (TPSA) is 53.1 Å². The summed E-state index contributed by atoms with van der Waals surface area (Å²) in [5.74, 6) is 0. The Morgan fingerprint density at radius 3 is 3.00 bits per heavy atom. The zero-order valence-corrected chi connectivity index (χ0v) is 11.9. The molecule has 1 fully saturated rings. The first-order chi connectivity index (χ1) is 8.59. The highest BCUT2D eigenvalue weighted by molar-refractivity contribution is 6.31. The molecule has 18 heavy (non-hydrogen) atoms. The molecule has 5 heteroatoms. The molecule has 1 saturated heterocycles. The summed E-state index contributed by atoms with van der Waals surface area (Å²) in [7, 11) is 0. The largest absolute Gasteiger partial charge is 0.378 e. The third-order valence-electron chi connectivity index (χ3n) is 3.45. The van der Waals surface area contributed by atoms with Crippen molar-refractivity contribution in [1.29, 1.82) is 0 Å². The number of nitrogens with two attached hydrogens (primary N) is 1.